The number of rotatable bonds is 2. The Morgan fingerprint density at radius 1 is 1.41 bits per heavy atom. The second-order valence-electron chi connectivity index (χ2n) is 4.33. The molecular weight excluding hydrogens is 278 g/mol. The lowest BCUT2D eigenvalue weighted by Gasteiger charge is -2.30. The minimum absolute atomic E-state index is 0.863. The molecule has 1 N–H and O–H groups in total. The van der Waals surface area contributed by atoms with E-state index in [1.165, 1.54) is 24.1 Å². The number of halogens is 1. The van der Waals surface area contributed by atoms with Crippen molar-refractivity contribution >= 4 is 21.6 Å². The highest BCUT2D eigenvalue weighted by molar-refractivity contribution is 9.10. The number of hydrogen-bond donors (Lipinski definition) is 1. The lowest BCUT2D eigenvalue weighted by atomic mass is 10.0. The van der Waals surface area contributed by atoms with Crippen LogP contribution < -0.4 is 4.90 Å². The molecule has 0 aliphatic carbocycles. The molecule has 88 valence electrons. The summed E-state index contributed by atoms with van der Waals surface area (Å²) in [7, 11) is 0. The average molecular weight is 292 g/mol. The number of benzene rings is 1. The number of anilines is 1. The maximum Gasteiger partial charge on any atom is 0.125 e. The van der Waals surface area contributed by atoms with Gasteiger partial charge in [0.1, 0.15) is 5.82 Å². The Morgan fingerprint density at radius 3 is 3.18 bits per heavy atom. The third-order valence-corrected chi connectivity index (χ3v) is 3.65. The largest absolute Gasteiger partial charge is 0.364 e. The Balaban J connectivity index is 1.89. The van der Waals surface area contributed by atoms with Gasteiger partial charge in [-0.25, -0.2) is 4.98 Å². The quantitative estimate of drug-likeness (QED) is 0.922. The van der Waals surface area contributed by atoms with Crippen LogP contribution in [0.1, 0.15) is 17.8 Å². The average Bonchev–Trinajstić information content (AvgIpc) is 2.82. The van der Waals surface area contributed by atoms with Crippen molar-refractivity contribution < 1.29 is 0 Å². The number of nitrogens with one attached hydrogen (secondary N) is 1. The normalized spacial score (nSPS) is 14.8. The first-order valence-corrected chi connectivity index (χ1v) is 6.64. The fraction of sp³-hybridized carbons (Fsp3) is 0.308. The van der Waals surface area contributed by atoms with Crippen molar-refractivity contribution in [2.75, 3.05) is 11.4 Å². The van der Waals surface area contributed by atoms with Crippen LogP contribution in [0.25, 0.3) is 0 Å². The molecule has 0 radical (unpaired) electrons. The van der Waals surface area contributed by atoms with Crippen LogP contribution in [0.5, 0.6) is 0 Å². The van der Waals surface area contributed by atoms with Crippen LogP contribution in [-0.4, -0.2) is 16.5 Å². The van der Waals surface area contributed by atoms with E-state index in [4.69, 9.17) is 0 Å². The zero-order valence-corrected chi connectivity index (χ0v) is 11.1. The molecule has 0 unspecified atom stereocenters. The smallest absolute Gasteiger partial charge is 0.125 e. The molecule has 0 bridgehead atoms. The van der Waals surface area contributed by atoms with Gasteiger partial charge in [-0.2, -0.15) is 0 Å². The van der Waals surface area contributed by atoms with E-state index < -0.39 is 0 Å². The van der Waals surface area contributed by atoms with E-state index in [9.17, 15) is 0 Å². The van der Waals surface area contributed by atoms with Crippen molar-refractivity contribution in [3.05, 3.63) is 46.5 Å². The van der Waals surface area contributed by atoms with Crippen LogP contribution in [-0.2, 0) is 13.0 Å². The van der Waals surface area contributed by atoms with Crippen molar-refractivity contribution in [2.24, 2.45) is 0 Å². The highest BCUT2D eigenvalue weighted by atomic mass is 79.9. The zero-order valence-electron chi connectivity index (χ0n) is 9.49. The summed E-state index contributed by atoms with van der Waals surface area (Å²) < 4.78 is 1.16. The molecule has 1 aromatic heterocycles. The van der Waals surface area contributed by atoms with Gasteiger partial charge in [0.25, 0.3) is 0 Å². The molecule has 2 aromatic rings. The molecular formula is C13H14BrN3. The molecule has 4 heteroatoms. The highest BCUT2D eigenvalue weighted by Gasteiger charge is 2.17. The molecule has 0 amide bonds. The van der Waals surface area contributed by atoms with E-state index in [1.807, 2.05) is 12.4 Å². The van der Waals surface area contributed by atoms with Gasteiger partial charge in [0.2, 0.25) is 0 Å². The third kappa shape index (κ3) is 2.22. The lowest BCUT2D eigenvalue weighted by molar-refractivity contribution is 0.677. The number of hydrogen-bond acceptors (Lipinski definition) is 2. The second kappa shape index (κ2) is 4.53. The molecule has 1 aromatic carbocycles. The van der Waals surface area contributed by atoms with Gasteiger partial charge in [-0.15, -0.1) is 0 Å². The van der Waals surface area contributed by atoms with Crippen LogP contribution in [0.15, 0.2) is 35.1 Å². The van der Waals surface area contributed by atoms with Gasteiger partial charge >= 0.3 is 0 Å². The van der Waals surface area contributed by atoms with Gasteiger partial charge < -0.3 is 9.88 Å². The fourth-order valence-corrected chi connectivity index (χ4v) is 2.78. The number of H-pyrrole nitrogens is 1. The second-order valence-corrected chi connectivity index (χ2v) is 5.25. The lowest BCUT2D eigenvalue weighted by Crippen LogP contribution is -2.29. The molecule has 1 aliphatic rings. The number of aryl methyl sites for hydroxylation is 1. The van der Waals surface area contributed by atoms with Crippen LogP contribution in [0.4, 0.5) is 5.69 Å². The number of aromatic nitrogens is 2. The minimum atomic E-state index is 0.863. The summed E-state index contributed by atoms with van der Waals surface area (Å²) in [6, 6.07) is 6.53. The summed E-state index contributed by atoms with van der Waals surface area (Å²) in [5.41, 5.74) is 2.77. The van der Waals surface area contributed by atoms with Gasteiger partial charge in [-0.3, -0.25) is 0 Å². The Labute approximate surface area is 109 Å². The van der Waals surface area contributed by atoms with Crippen LogP contribution >= 0.6 is 15.9 Å². The van der Waals surface area contributed by atoms with E-state index in [-0.39, 0.29) is 0 Å². The first-order valence-electron chi connectivity index (χ1n) is 5.84. The Kier molecular flexibility index (Phi) is 2.89. The van der Waals surface area contributed by atoms with E-state index in [1.54, 1.807) is 0 Å². The summed E-state index contributed by atoms with van der Waals surface area (Å²) in [6.45, 7) is 1.97. The number of aromatic amines is 1. The van der Waals surface area contributed by atoms with Gasteiger partial charge in [-0.1, -0.05) is 15.9 Å². The molecule has 0 saturated carbocycles. The van der Waals surface area contributed by atoms with Gasteiger partial charge in [-0.05, 0) is 36.6 Å². The Bertz CT molecular complexity index is 507. The van der Waals surface area contributed by atoms with Crippen molar-refractivity contribution in [1.29, 1.82) is 0 Å². The van der Waals surface area contributed by atoms with E-state index >= 15 is 0 Å². The van der Waals surface area contributed by atoms with Crippen molar-refractivity contribution in [2.45, 2.75) is 19.4 Å². The van der Waals surface area contributed by atoms with E-state index in [2.05, 4.69) is 49.0 Å². The first kappa shape index (κ1) is 10.8. The summed E-state index contributed by atoms with van der Waals surface area (Å²) in [5, 5.41) is 0. The van der Waals surface area contributed by atoms with E-state index in [0.29, 0.717) is 0 Å². The first-order chi connectivity index (χ1) is 8.33. The summed E-state index contributed by atoms with van der Waals surface area (Å²) >= 11 is 3.53. The minimum Gasteiger partial charge on any atom is -0.364 e. The van der Waals surface area contributed by atoms with Crippen molar-refractivity contribution in [3.63, 3.8) is 0 Å². The molecule has 0 spiro atoms. The van der Waals surface area contributed by atoms with Gasteiger partial charge in [0, 0.05) is 29.1 Å². The van der Waals surface area contributed by atoms with E-state index in [0.717, 1.165) is 23.4 Å². The Hall–Kier alpha value is -1.29. The topological polar surface area (TPSA) is 31.9 Å². The highest BCUT2D eigenvalue weighted by Crippen LogP contribution is 2.30. The van der Waals surface area contributed by atoms with Crippen LogP contribution in [0, 0.1) is 0 Å². The summed E-state index contributed by atoms with van der Waals surface area (Å²) in [5.74, 6) is 1.03. The SMILES string of the molecule is Brc1ccc2c(c1)CCCN2Cc1ncc[nH]1. The van der Waals surface area contributed by atoms with Crippen molar-refractivity contribution in [3.8, 4) is 0 Å². The maximum atomic E-state index is 4.29. The monoisotopic (exact) mass is 291 g/mol. The molecule has 0 atom stereocenters. The molecule has 1 aliphatic heterocycles. The van der Waals surface area contributed by atoms with Gasteiger partial charge in [0.05, 0.1) is 6.54 Å². The molecule has 3 rings (SSSR count). The number of imidazole rings is 1. The molecule has 0 fully saturated rings. The van der Waals surface area contributed by atoms with Crippen molar-refractivity contribution in [1.82, 2.24) is 9.97 Å². The predicted molar refractivity (Wildman–Crippen MR) is 72.1 cm³/mol. The summed E-state index contributed by atoms with van der Waals surface area (Å²) in [6.07, 6.45) is 6.07. The molecule has 0 saturated heterocycles. The maximum absolute atomic E-state index is 4.29. The van der Waals surface area contributed by atoms with Crippen LogP contribution in [0.3, 0.4) is 0 Å². The van der Waals surface area contributed by atoms with Crippen LogP contribution in [0.2, 0.25) is 0 Å². The fourth-order valence-electron chi connectivity index (χ4n) is 2.37. The molecule has 2 heterocycles. The summed E-state index contributed by atoms with van der Waals surface area (Å²) in [4.78, 5) is 9.85. The molecule has 3 nitrogen and oxygen atoms in total. The number of nitrogens with zero attached hydrogens (tertiary/aromatic N) is 2. The third-order valence-electron chi connectivity index (χ3n) is 3.15. The molecule has 17 heavy (non-hydrogen) atoms. The zero-order chi connectivity index (χ0) is 11.7. The van der Waals surface area contributed by atoms with Gasteiger partial charge in [0.15, 0.2) is 0 Å². The standard InChI is InChI=1S/C13H14BrN3/c14-11-3-4-12-10(8-11)2-1-7-17(12)9-13-15-5-6-16-13/h3-6,8H,1-2,7,9H2,(H,15,16). The Morgan fingerprint density at radius 2 is 2.35 bits per heavy atom. The number of fused-ring (bicyclic) bond motifs is 1. The predicted octanol–water partition coefficient (Wildman–Crippen LogP) is 3.13.